The topological polar surface area (TPSA) is 52.3 Å². The normalized spacial score (nSPS) is 11.4. The number of halogens is 1. The van der Waals surface area contributed by atoms with Crippen LogP contribution < -0.4 is 5.73 Å². The molecule has 2 N–H and O–H groups in total. The van der Waals surface area contributed by atoms with Gasteiger partial charge in [-0.2, -0.15) is 0 Å². The van der Waals surface area contributed by atoms with Gasteiger partial charge >= 0.3 is 5.97 Å². The van der Waals surface area contributed by atoms with E-state index in [0.717, 1.165) is 0 Å². The van der Waals surface area contributed by atoms with Crippen LogP contribution in [-0.4, -0.2) is 18.6 Å². The molecular weight excluding hydrogens is 221 g/mol. The van der Waals surface area contributed by atoms with Crippen molar-refractivity contribution in [2.75, 3.05) is 7.11 Å². The fraction of sp³-hybridized carbons (Fsp3) is 0.462. The average Bonchev–Trinajstić information content (AvgIpc) is 2.19. The molecule has 0 aliphatic heterocycles. The second-order valence-corrected chi connectivity index (χ2v) is 4.91. The Kier molecular flexibility index (Phi) is 3.88. The van der Waals surface area contributed by atoms with Gasteiger partial charge in [-0.25, -0.2) is 9.18 Å². The smallest absolute Gasteiger partial charge is 0.338 e. The van der Waals surface area contributed by atoms with Crippen LogP contribution >= 0.6 is 0 Å². The molecule has 1 aromatic rings. The number of nitrogens with two attached hydrogens (primary N) is 1. The highest BCUT2D eigenvalue weighted by atomic mass is 19.1. The number of hydrogen-bond donors (Lipinski definition) is 1. The van der Waals surface area contributed by atoms with E-state index in [2.05, 4.69) is 4.74 Å². The summed E-state index contributed by atoms with van der Waals surface area (Å²) in [6.45, 7) is 5.25. The maximum Gasteiger partial charge on any atom is 0.338 e. The van der Waals surface area contributed by atoms with Crippen molar-refractivity contribution in [3.63, 3.8) is 0 Å². The van der Waals surface area contributed by atoms with Crippen LogP contribution in [0.3, 0.4) is 0 Å². The second kappa shape index (κ2) is 4.84. The molecule has 0 bridgehead atoms. The van der Waals surface area contributed by atoms with Crippen LogP contribution in [0.5, 0.6) is 0 Å². The van der Waals surface area contributed by atoms with Crippen molar-refractivity contribution in [1.29, 1.82) is 0 Å². The van der Waals surface area contributed by atoms with E-state index < -0.39 is 17.3 Å². The molecule has 0 aliphatic rings. The predicted molar refractivity (Wildman–Crippen MR) is 64.4 cm³/mol. The Balaban J connectivity index is 3.19. The minimum atomic E-state index is -0.530. The fourth-order valence-corrected chi connectivity index (χ4v) is 1.69. The number of ether oxygens (including phenoxy) is 1. The lowest BCUT2D eigenvalue weighted by atomic mass is 9.93. The molecular formula is C13H18FNO2. The highest BCUT2D eigenvalue weighted by molar-refractivity contribution is 5.91. The Labute approximate surface area is 101 Å². The van der Waals surface area contributed by atoms with Gasteiger partial charge in [0.15, 0.2) is 0 Å². The van der Waals surface area contributed by atoms with Crippen LogP contribution in [-0.2, 0) is 11.2 Å². The van der Waals surface area contributed by atoms with Gasteiger partial charge in [-0.1, -0.05) is 0 Å². The number of rotatable bonds is 3. The first kappa shape index (κ1) is 13.6. The van der Waals surface area contributed by atoms with Gasteiger partial charge in [0.2, 0.25) is 0 Å². The molecule has 4 heteroatoms. The zero-order valence-electron chi connectivity index (χ0n) is 10.6. The maximum absolute atomic E-state index is 13.7. The van der Waals surface area contributed by atoms with Gasteiger partial charge in [0.1, 0.15) is 5.82 Å². The summed E-state index contributed by atoms with van der Waals surface area (Å²) in [5.74, 6) is -0.940. The SMILES string of the molecule is COC(=O)c1cc(CC(C)(C)N)cc(F)c1C. The minimum Gasteiger partial charge on any atom is -0.465 e. The Bertz CT molecular complexity index is 436. The third kappa shape index (κ3) is 3.53. The monoisotopic (exact) mass is 239 g/mol. The van der Waals surface area contributed by atoms with Crippen molar-refractivity contribution < 1.29 is 13.9 Å². The zero-order chi connectivity index (χ0) is 13.2. The molecule has 1 aromatic carbocycles. The number of hydrogen-bond acceptors (Lipinski definition) is 3. The van der Waals surface area contributed by atoms with E-state index in [1.54, 1.807) is 13.0 Å². The summed E-state index contributed by atoms with van der Waals surface area (Å²) in [5, 5.41) is 0. The summed E-state index contributed by atoms with van der Waals surface area (Å²) < 4.78 is 18.3. The molecule has 3 nitrogen and oxygen atoms in total. The van der Waals surface area contributed by atoms with E-state index in [9.17, 15) is 9.18 Å². The van der Waals surface area contributed by atoms with Crippen molar-refractivity contribution in [1.82, 2.24) is 0 Å². The molecule has 0 spiro atoms. The molecule has 0 unspecified atom stereocenters. The molecule has 0 saturated heterocycles. The third-order valence-electron chi connectivity index (χ3n) is 2.47. The Morgan fingerprint density at radius 1 is 1.47 bits per heavy atom. The molecule has 0 fully saturated rings. The van der Waals surface area contributed by atoms with Crippen LogP contribution in [0.4, 0.5) is 4.39 Å². The van der Waals surface area contributed by atoms with E-state index in [1.807, 2.05) is 13.8 Å². The van der Waals surface area contributed by atoms with E-state index in [1.165, 1.54) is 13.2 Å². The summed E-state index contributed by atoms with van der Waals surface area (Å²) in [6.07, 6.45) is 0.494. The largest absolute Gasteiger partial charge is 0.465 e. The van der Waals surface area contributed by atoms with Gasteiger partial charge in [0.05, 0.1) is 12.7 Å². The van der Waals surface area contributed by atoms with Crippen LogP contribution in [0.25, 0.3) is 0 Å². The quantitative estimate of drug-likeness (QED) is 0.823. The molecule has 0 atom stereocenters. The highest BCUT2D eigenvalue weighted by Crippen LogP contribution is 2.19. The summed E-state index contributed by atoms with van der Waals surface area (Å²) >= 11 is 0. The van der Waals surface area contributed by atoms with Gasteiger partial charge in [0.25, 0.3) is 0 Å². The first-order chi connectivity index (χ1) is 7.74. The van der Waals surface area contributed by atoms with Crippen molar-refractivity contribution in [2.45, 2.75) is 32.7 Å². The molecule has 0 aromatic heterocycles. The van der Waals surface area contributed by atoms with Crippen molar-refractivity contribution in [3.05, 3.63) is 34.6 Å². The fourth-order valence-electron chi connectivity index (χ4n) is 1.69. The molecule has 17 heavy (non-hydrogen) atoms. The van der Waals surface area contributed by atoms with Crippen LogP contribution in [0.2, 0.25) is 0 Å². The van der Waals surface area contributed by atoms with Gasteiger partial charge in [-0.05, 0) is 50.5 Å². The first-order valence-electron chi connectivity index (χ1n) is 5.41. The highest BCUT2D eigenvalue weighted by Gasteiger charge is 2.18. The number of esters is 1. The van der Waals surface area contributed by atoms with Crippen LogP contribution in [0, 0.1) is 12.7 Å². The van der Waals surface area contributed by atoms with E-state index >= 15 is 0 Å². The standard InChI is InChI=1S/C13H18FNO2/c1-8-10(12(16)17-4)5-9(6-11(8)14)7-13(2,3)15/h5-6H,7,15H2,1-4H3. The summed E-state index contributed by atoms with van der Waals surface area (Å²) in [5.41, 5.74) is 6.68. The molecule has 0 radical (unpaired) electrons. The molecule has 0 heterocycles. The van der Waals surface area contributed by atoms with Crippen molar-refractivity contribution in [3.8, 4) is 0 Å². The number of carbonyl (C=O) groups is 1. The second-order valence-electron chi connectivity index (χ2n) is 4.91. The molecule has 0 amide bonds. The van der Waals surface area contributed by atoms with Crippen LogP contribution in [0.1, 0.15) is 35.3 Å². The first-order valence-corrected chi connectivity index (χ1v) is 5.41. The van der Waals surface area contributed by atoms with E-state index in [4.69, 9.17) is 5.73 Å². The Morgan fingerprint density at radius 3 is 2.53 bits per heavy atom. The van der Waals surface area contributed by atoms with Gasteiger partial charge in [-0.3, -0.25) is 0 Å². The minimum absolute atomic E-state index is 0.256. The van der Waals surface area contributed by atoms with E-state index in [-0.39, 0.29) is 5.56 Å². The third-order valence-corrected chi connectivity index (χ3v) is 2.47. The number of carbonyl (C=O) groups excluding carboxylic acids is 1. The number of benzene rings is 1. The predicted octanol–water partition coefficient (Wildman–Crippen LogP) is 2.20. The summed E-state index contributed by atoms with van der Waals surface area (Å²) in [4.78, 5) is 11.5. The molecule has 94 valence electrons. The lowest BCUT2D eigenvalue weighted by Gasteiger charge is -2.19. The van der Waals surface area contributed by atoms with Crippen molar-refractivity contribution in [2.24, 2.45) is 5.73 Å². The maximum atomic E-state index is 13.7. The summed E-state index contributed by atoms with van der Waals surface area (Å²) in [6, 6.07) is 3.05. The van der Waals surface area contributed by atoms with E-state index in [0.29, 0.717) is 17.5 Å². The van der Waals surface area contributed by atoms with Gasteiger partial charge in [-0.15, -0.1) is 0 Å². The molecule has 1 rings (SSSR count). The zero-order valence-corrected chi connectivity index (χ0v) is 10.6. The lowest BCUT2D eigenvalue weighted by Crippen LogP contribution is -2.34. The van der Waals surface area contributed by atoms with Crippen LogP contribution in [0.15, 0.2) is 12.1 Å². The Morgan fingerprint density at radius 2 is 2.06 bits per heavy atom. The van der Waals surface area contributed by atoms with Gasteiger partial charge < -0.3 is 10.5 Å². The average molecular weight is 239 g/mol. The van der Waals surface area contributed by atoms with Crippen molar-refractivity contribution >= 4 is 5.97 Å². The lowest BCUT2D eigenvalue weighted by molar-refractivity contribution is 0.0599. The Hall–Kier alpha value is -1.42. The summed E-state index contributed by atoms with van der Waals surface area (Å²) in [7, 11) is 1.28. The molecule has 0 aliphatic carbocycles. The molecule has 0 saturated carbocycles. The van der Waals surface area contributed by atoms with Gasteiger partial charge in [0, 0.05) is 5.54 Å². The number of methoxy groups -OCH3 is 1.